The van der Waals surface area contributed by atoms with Gasteiger partial charge in [0.25, 0.3) is 5.91 Å². The Labute approximate surface area is 114 Å². The molecule has 1 aliphatic heterocycles. The Bertz CT molecular complexity index is 790. The predicted molar refractivity (Wildman–Crippen MR) is 72.4 cm³/mol. The minimum atomic E-state index is -0.165. The van der Waals surface area contributed by atoms with Gasteiger partial charge in [0.1, 0.15) is 11.3 Å². The van der Waals surface area contributed by atoms with Crippen molar-refractivity contribution in [3.8, 4) is 17.2 Å². The number of rotatable bonds is 1. The molecule has 5 nitrogen and oxygen atoms in total. The van der Waals surface area contributed by atoms with Gasteiger partial charge in [-0.1, -0.05) is 6.07 Å². The van der Waals surface area contributed by atoms with Crippen molar-refractivity contribution >= 4 is 22.7 Å². The fraction of sp³-hybridized carbons (Fsp3) is 0.0667. The van der Waals surface area contributed by atoms with Crippen molar-refractivity contribution < 1.29 is 13.9 Å². The van der Waals surface area contributed by atoms with Gasteiger partial charge in [-0.05, 0) is 36.4 Å². The largest absolute Gasteiger partial charge is 0.482 e. The zero-order chi connectivity index (χ0) is 13.5. The van der Waals surface area contributed by atoms with E-state index in [-0.39, 0.29) is 12.5 Å². The van der Waals surface area contributed by atoms with E-state index in [1.54, 1.807) is 24.3 Å². The van der Waals surface area contributed by atoms with E-state index in [9.17, 15) is 4.79 Å². The number of nitrogens with one attached hydrogen (secondary N) is 1. The third-order valence-corrected chi connectivity index (χ3v) is 3.09. The lowest BCUT2D eigenvalue weighted by Crippen LogP contribution is -2.25. The van der Waals surface area contributed by atoms with Crippen molar-refractivity contribution in [2.24, 2.45) is 0 Å². The molecular weight excluding hydrogens is 256 g/mol. The summed E-state index contributed by atoms with van der Waals surface area (Å²) >= 11 is 0. The number of anilines is 1. The molecule has 2 heterocycles. The van der Waals surface area contributed by atoms with Crippen molar-refractivity contribution in [3.05, 3.63) is 42.5 Å². The third kappa shape index (κ3) is 1.72. The van der Waals surface area contributed by atoms with Crippen LogP contribution in [0.3, 0.4) is 0 Å². The normalized spacial score (nSPS) is 13.7. The van der Waals surface area contributed by atoms with Crippen LogP contribution < -0.4 is 10.1 Å². The summed E-state index contributed by atoms with van der Waals surface area (Å²) in [5.74, 6) is 0.988. The van der Waals surface area contributed by atoms with Crippen molar-refractivity contribution in [2.45, 2.75) is 0 Å². The Balaban J connectivity index is 1.82. The molecule has 20 heavy (non-hydrogen) atoms. The number of fused-ring (bicyclic) bond motifs is 2. The van der Waals surface area contributed by atoms with E-state index in [1.807, 2.05) is 12.1 Å². The molecule has 0 aliphatic carbocycles. The first kappa shape index (κ1) is 11.0. The standard InChI is InChI=1S/C15H9N2O3/c18-14-8-19-12-6-5-9(7-11(12)16-14)15-17-10-3-1-2-4-13(10)20-15/h1,3-7H,8H2,(H,16,18). The highest BCUT2D eigenvalue weighted by atomic mass is 16.5. The van der Waals surface area contributed by atoms with Crippen LogP contribution in [0.5, 0.6) is 5.75 Å². The zero-order valence-electron chi connectivity index (χ0n) is 10.3. The van der Waals surface area contributed by atoms with Gasteiger partial charge in [0, 0.05) is 5.56 Å². The molecule has 0 spiro atoms. The summed E-state index contributed by atoms with van der Waals surface area (Å²) in [6.07, 6.45) is 0. The number of amides is 1. The van der Waals surface area contributed by atoms with Crippen LogP contribution in [0.25, 0.3) is 22.6 Å². The van der Waals surface area contributed by atoms with E-state index in [1.165, 1.54) is 0 Å². The first-order valence-electron chi connectivity index (χ1n) is 6.13. The molecule has 1 amide bonds. The molecule has 4 rings (SSSR count). The van der Waals surface area contributed by atoms with Gasteiger partial charge in [0.2, 0.25) is 5.89 Å². The lowest BCUT2D eigenvalue weighted by molar-refractivity contribution is -0.118. The van der Waals surface area contributed by atoms with Crippen molar-refractivity contribution in [1.82, 2.24) is 4.98 Å². The van der Waals surface area contributed by atoms with Crippen molar-refractivity contribution in [3.63, 3.8) is 0 Å². The molecule has 0 bridgehead atoms. The topological polar surface area (TPSA) is 64.4 Å². The Kier molecular flexibility index (Phi) is 2.26. The second-order valence-corrected chi connectivity index (χ2v) is 4.46. The number of ether oxygens (including phenoxy) is 1. The first-order valence-corrected chi connectivity index (χ1v) is 6.13. The van der Waals surface area contributed by atoms with Gasteiger partial charge in [0.15, 0.2) is 12.2 Å². The Morgan fingerprint density at radius 1 is 1.30 bits per heavy atom. The summed E-state index contributed by atoms with van der Waals surface area (Å²) in [7, 11) is 0. The molecule has 0 saturated carbocycles. The minimum Gasteiger partial charge on any atom is -0.482 e. The highest BCUT2D eigenvalue weighted by Gasteiger charge is 2.17. The molecule has 97 valence electrons. The number of hydrogen-bond acceptors (Lipinski definition) is 4. The summed E-state index contributed by atoms with van der Waals surface area (Å²) in [6, 6.07) is 13.8. The van der Waals surface area contributed by atoms with Crippen LogP contribution in [0.4, 0.5) is 5.69 Å². The molecule has 3 aromatic rings. The fourth-order valence-corrected chi connectivity index (χ4v) is 2.16. The van der Waals surface area contributed by atoms with Crippen molar-refractivity contribution in [1.29, 1.82) is 0 Å². The van der Waals surface area contributed by atoms with Gasteiger partial charge in [-0.25, -0.2) is 4.98 Å². The molecular formula is C15H9N2O3. The van der Waals surface area contributed by atoms with E-state index in [0.29, 0.717) is 22.9 Å². The average molecular weight is 265 g/mol. The quantitative estimate of drug-likeness (QED) is 0.734. The summed E-state index contributed by atoms with van der Waals surface area (Å²) in [5.41, 5.74) is 2.87. The monoisotopic (exact) mass is 265 g/mol. The lowest BCUT2D eigenvalue weighted by Gasteiger charge is -2.17. The highest BCUT2D eigenvalue weighted by molar-refractivity contribution is 5.96. The average Bonchev–Trinajstić information content (AvgIpc) is 2.90. The maximum Gasteiger partial charge on any atom is 0.262 e. The van der Waals surface area contributed by atoms with E-state index in [2.05, 4.69) is 16.4 Å². The van der Waals surface area contributed by atoms with Crippen LogP contribution >= 0.6 is 0 Å². The number of nitrogens with zero attached hydrogens (tertiary/aromatic N) is 1. The van der Waals surface area contributed by atoms with Crippen molar-refractivity contribution in [2.75, 3.05) is 11.9 Å². The third-order valence-electron chi connectivity index (χ3n) is 3.09. The Morgan fingerprint density at radius 2 is 2.25 bits per heavy atom. The summed E-state index contributed by atoms with van der Waals surface area (Å²) in [6.45, 7) is 0.0467. The van der Waals surface area contributed by atoms with E-state index < -0.39 is 0 Å². The Morgan fingerprint density at radius 3 is 3.15 bits per heavy atom. The molecule has 1 aromatic heterocycles. The van der Waals surface area contributed by atoms with Gasteiger partial charge in [-0.15, -0.1) is 0 Å². The summed E-state index contributed by atoms with van der Waals surface area (Å²) in [4.78, 5) is 15.7. The second kappa shape index (κ2) is 4.09. The molecule has 0 saturated heterocycles. The number of carbonyl (C=O) groups excluding carboxylic acids is 1. The fourth-order valence-electron chi connectivity index (χ4n) is 2.16. The van der Waals surface area contributed by atoms with Gasteiger partial charge in [0.05, 0.1) is 5.69 Å². The van der Waals surface area contributed by atoms with Gasteiger partial charge in [-0.2, -0.15) is 0 Å². The second-order valence-electron chi connectivity index (χ2n) is 4.46. The van der Waals surface area contributed by atoms with E-state index in [0.717, 1.165) is 11.1 Å². The SMILES string of the molecule is O=C1COc2ccc(-c3nc4cc[c]cc4o3)cc2N1. The molecule has 1 aliphatic rings. The molecule has 2 aromatic carbocycles. The smallest absolute Gasteiger partial charge is 0.262 e. The molecule has 0 unspecified atom stereocenters. The zero-order valence-corrected chi connectivity index (χ0v) is 10.3. The van der Waals surface area contributed by atoms with Gasteiger partial charge >= 0.3 is 0 Å². The predicted octanol–water partition coefficient (Wildman–Crippen LogP) is 2.63. The number of benzene rings is 2. The van der Waals surface area contributed by atoms with Crippen LogP contribution in [0.1, 0.15) is 0 Å². The first-order chi connectivity index (χ1) is 9.79. The minimum absolute atomic E-state index is 0.0467. The van der Waals surface area contributed by atoms with Crippen LogP contribution in [0.2, 0.25) is 0 Å². The lowest BCUT2D eigenvalue weighted by atomic mass is 10.1. The van der Waals surface area contributed by atoms with Crippen LogP contribution in [-0.4, -0.2) is 17.5 Å². The van der Waals surface area contributed by atoms with Crippen LogP contribution in [-0.2, 0) is 4.79 Å². The summed E-state index contributed by atoms with van der Waals surface area (Å²) in [5, 5.41) is 2.76. The number of hydrogen-bond donors (Lipinski definition) is 1. The molecule has 0 fully saturated rings. The maximum atomic E-state index is 11.3. The molecule has 1 N–H and O–H groups in total. The van der Waals surface area contributed by atoms with E-state index >= 15 is 0 Å². The number of carbonyl (C=O) groups is 1. The van der Waals surface area contributed by atoms with Crippen LogP contribution in [0, 0.1) is 6.07 Å². The Hall–Kier alpha value is -2.82. The van der Waals surface area contributed by atoms with Gasteiger partial charge < -0.3 is 14.5 Å². The van der Waals surface area contributed by atoms with Crippen LogP contribution in [0.15, 0.2) is 40.8 Å². The molecule has 1 radical (unpaired) electrons. The molecule has 0 atom stereocenters. The number of oxazole rings is 1. The number of aromatic nitrogens is 1. The van der Waals surface area contributed by atoms with Gasteiger partial charge in [-0.3, -0.25) is 4.79 Å². The summed E-state index contributed by atoms with van der Waals surface area (Å²) < 4.78 is 11.0. The highest BCUT2D eigenvalue weighted by Crippen LogP contribution is 2.33. The van der Waals surface area contributed by atoms with E-state index in [4.69, 9.17) is 9.15 Å². The molecule has 5 heteroatoms. The maximum absolute atomic E-state index is 11.3.